The van der Waals surface area contributed by atoms with Crippen molar-refractivity contribution in [2.75, 3.05) is 13.6 Å². The Hall–Kier alpha value is -0.0800. The molecular weight excluding hydrogens is 184 g/mol. The Labute approximate surface area is 95.2 Å². The largest absolute Gasteiger partial charge is 0.325 e. The Kier molecular flexibility index (Phi) is 3.52. The molecule has 1 atom stereocenters. The van der Waals surface area contributed by atoms with Gasteiger partial charge in [-0.2, -0.15) is 0 Å². The first kappa shape index (κ1) is 13.0. The zero-order chi connectivity index (χ0) is 11.9. The molecule has 1 aliphatic rings. The maximum Gasteiger partial charge on any atom is 0.0161 e. The van der Waals surface area contributed by atoms with Gasteiger partial charge in [-0.15, -0.1) is 0 Å². The first-order chi connectivity index (χ1) is 6.65. The number of hydrogen-bond acceptors (Lipinski definition) is 2. The second-order valence-corrected chi connectivity index (χ2v) is 6.60. The lowest BCUT2D eigenvalue weighted by Gasteiger charge is -2.42. The van der Waals surface area contributed by atoms with Crippen LogP contribution in [0.1, 0.15) is 47.5 Å². The molecule has 0 saturated heterocycles. The minimum Gasteiger partial charge on any atom is -0.325 e. The normalized spacial score (nSPS) is 20.8. The minimum atomic E-state index is -0.121. The summed E-state index contributed by atoms with van der Waals surface area (Å²) >= 11 is 0. The van der Waals surface area contributed by atoms with Gasteiger partial charge in [-0.1, -0.05) is 13.8 Å². The van der Waals surface area contributed by atoms with E-state index in [1.807, 2.05) is 0 Å². The van der Waals surface area contributed by atoms with Crippen molar-refractivity contribution < 1.29 is 0 Å². The molecule has 15 heavy (non-hydrogen) atoms. The molecule has 0 aromatic carbocycles. The molecule has 0 heterocycles. The molecule has 1 fully saturated rings. The Morgan fingerprint density at radius 2 is 1.73 bits per heavy atom. The highest BCUT2D eigenvalue weighted by Crippen LogP contribution is 2.37. The Morgan fingerprint density at radius 1 is 1.27 bits per heavy atom. The van der Waals surface area contributed by atoms with Gasteiger partial charge in [0.15, 0.2) is 0 Å². The van der Waals surface area contributed by atoms with E-state index < -0.39 is 0 Å². The third-order valence-electron chi connectivity index (χ3n) is 4.39. The zero-order valence-corrected chi connectivity index (χ0v) is 11.3. The summed E-state index contributed by atoms with van der Waals surface area (Å²) in [5, 5.41) is 0. The quantitative estimate of drug-likeness (QED) is 0.758. The maximum atomic E-state index is 6.23. The third kappa shape index (κ3) is 3.18. The van der Waals surface area contributed by atoms with Crippen LogP contribution in [0.2, 0.25) is 0 Å². The molecule has 0 radical (unpaired) electrons. The van der Waals surface area contributed by atoms with Gasteiger partial charge < -0.3 is 10.6 Å². The predicted molar refractivity (Wildman–Crippen MR) is 66.9 cm³/mol. The van der Waals surface area contributed by atoms with E-state index in [-0.39, 0.29) is 11.0 Å². The molecule has 2 nitrogen and oxygen atoms in total. The van der Waals surface area contributed by atoms with Gasteiger partial charge in [-0.25, -0.2) is 0 Å². The summed E-state index contributed by atoms with van der Waals surface area (Å²) in [6.07, 6.45) is 2.83. The van der Waals surface area contributed by atoms with E-state index in [1.165, 1.54) is 12.8 Å². The summed E-state index contributed by atoms with van der Waals surface area (Å²) < 4.78 is 0. The third-order valence-corrected chi connectivity index (χ3v) is 4.39. The molecule has 1 saturated carbocycles. The van der Waals surface area contributed by atoms with Crippen LogP contribution in [-0.2, 0) is 0 Å². The number of hydrogen-bond donors (Lipinski definition) is 1. The van der Waals surface area contributed by atoms with E-state index in [4.69, 9.17) is 5.73 Å². The smallest absolute Gasteiger partial charge is 0.0161 e. The average Bonchev–Trinajstić information content (AvgIpc) is 2.81. The van der Waals surface area contributed by atoms with Crippen LogP contribution in [0.5, 0.6) is 0 Å². The highest BCUT2D eigenvalue weighted by atomic mass is 15.1. The van der Waals surface area contributed by atoms with Crippen molar-refractivity contribution in [2.45, 2.75) is 59.0 Å². The minimum absolute atomic E-state index is 0.121. The zero-order valence-electron chi connectivity index (χ0n) is 11.3. The Bertz CT molecular complexity index is 211. The second-order valence-electron chi connectivity index (χ2n) is 6.60. The molecule has 0 spiro atoms. The van der Waals surface area contributed by atoms with E-state index in [2.05, 4.69) is 46.6 Å². The van der Waals surface area contributed by atoms with Crippen molar-refractivity contribution in [1.29, 1.82) is 0 Å². The lowest BCUT2D eigenvalue weighted by Crippen LogP contribution is -2.53. The molecule has 2 heteroatoms. The highest BCUT2D eigenvalue weighted by Gasteiger charge is 2.37. The maximum absolute atomic E-state index is 6.23. The first-order valence-electron chi connectivity index (χ1n) is 6.14. The lowest BCUT2D eigenvalue weighted by molar-refractivity contribution is 0.101. The van der Waals surface area contributed by atoms with Crippen LogP contribution in [0, 0.1) is 11.3 Å². The summed E-state index contributed by atoms with van der Waals surface area (Å²) in [4.78, 5) is 2.48. The van der Waals surface area contributed by atoms with Crippen LogP contribution in [0.15, 0.2) is 0 Å². The van der Waals surface area contributed by atoms with Gasteiger partial charge in [0, 0.05) is 18.1 Å². The molecule has 2 N–H and O–H groups in total. The Balaban J connectivity index is 2.52. The van der Waals surface area contributed by atoms with E-state index >= 15 is 0 Å². The van der Waals surface area contributed by atoms with Crippen molar-refractivity contribution in [1.82, 2.24) is 4.90 Å². The van der Waals surface area contributed by atoms with Crippen molar-refractivity contribution in [3.63, 3.8) is 0 Å². The second kappa shape index (κ2) is 4.06. The van der Waals surface area contributed by atoms with Crippen molar-refractivity contribution >= 4 is 0 Å². The summed E-state index contributed by atoms with van der Waals surface area (Å²) in [7, 11) is 2.23. The molecule has 0 amide bonds. The highest BCUT2D eigenvalue weighted by molar-refractivity contribution is 4.94. The van der Waals surface area contributed by atoms with E-state index in [0.29, 0.717) is 6.04 Å². The van der Waals surface area contributed by atoms with Gasteiger partial charge in [0.05, 0.1) is 0 Å². The first-order valence-corrected chi connectivity index (χ1v) is 6.14. The van der Waals surface area contributed by atoms with Gasteiger partial charge in [0.2, 0.25) is 0 Å². The van der Waals surface area contributed by atoms with Crippen molar-refractivity contribution in [2.24, 2.45) is 17.1 Å². The van der Waals surface area contributed by atoms with Crippen molar-refractivity contribution in [3.8, 4) is 0 Å². The fourth-order valence-corrected chi connectivity index (χ4v) is 1.91. The van der Waals surface area contributed by atoms with Gasteiger partial charge in [-0.3, -0.25) is 0 Å². The standard InChI is InChI=1S/C13H28N2/c1-10(11-7-8-11)15(6)9-12(2,3)13(4,5)14/h10-11H,7-9,14H2,1-6H3. The van der Waals surface area contributed by atoms with E-state index in [1.54, 1.807) is 0 Å². The molecule has 0 aliphatic heterocycles. The van der Waals surface area contributed by atoms with Gasteiger partial charge >= 0.3 is 0 Å². The van der Waals surface area contributed by atoms with Crippen LogP contribution in [0.25, 0.3) is 0 Å². The number of nitrogens with zero attached hydrogens (tertiary/aromatic N) is 1. The van der Waals surface area contributed by atoms with Crippen LogP contribution >= 0.6 is 0 Å². The average molecular weight is 212 g/mol. The topological polar surface area (TPSA) is 29.3 Å². The van der Waals surface area contributed by atoms with Crippen LogP contribution < -0.4 is 5.73 Å². The van der Waals surface area contributed by atoms with Gasteiger partial charge in [0.1, 0.15) is 0 Å². The van der Waals surface area contributed by atoms with Crippen LogP contribution in [0.4, 0.5) is 0 Å². The molecule has 1 aliphatic carbocycles. The fourth-order valence-electron chi connectivity index (χ4n) is 1.91. The Morgan fingerprint density at radius 3 is 2.07 bits per heavy atom. The molecule has 0 aromatic heterocycles. The monoisotopic (exact) mass is 212 g/mol. The summed E-state index contributed by atoms with van der Waals surface area (Å²) in [6.45, 7) is 12.2. The molecule has 0 aromatic rings. The lowest BCUT2D eigenvalue weighted by atomic mass is 9.74. The molecule has 1 rings (SSSR count). The number of rotatable bonds is 5. The van der Waals surface area contributed by atoms with Crippen LogP contribution in [0.3, 0.4) is 0 Å². The van der Waals surface area contributed by atoms with E-state index in [9.17, 15) is 0 Å². The number of nitrogens with two attached hydrogens (primary N) is 1. The van der Waals surface area contributed by atoms with E-state index in [0.717, 1.165) is 12.5 Å². The summed E-state index contributed by atoms with van der Waals surface area (Å²) in [6, 6.07) is 0.714. The van der Waals surface area contributed by atoms with Gasteiger partial charge in [0.25, 0.3) is 0 Å². The molecule has 90 valence electrons. The summed E-state index contributed by atoms with van der Waals surface area (Å²) in [5.41, 5.74) is 6.26. The SMILES string of the molecule is CC(C1CC1)N(C)CC(C)(C)C(C)(C)N. The van der Waals surface area contributed by atoms with Gasteiger partial charge in [-0.05, 0) is 52.0 Å². The molecular formula is C13H28N2. The molecule has 0 bridgehead atoms. The molecule has 1 unspecified atom stereocenters. The van der Waals surface area contributed by atoms with Crippen molar-refractivity contribution in [3.05, 3.63) is 0 Å². The summed E-state index contributed by atoms with van der Waals surface area (Å²) in [5.74, 6) is 0.937. The van der Waals surface area contributed by atoms with Crippen LogP contribution in [-0.4, -0.2) is 30.1 Å². The fraction of sp³-hybridized carbons (Fsp3) is 1.00. The predicted octanol–water partition coefficient (Wildman–Crippen LogP) is 2.48.